The molecule has 36 heavy (non-hydrogen) atoms. The standard InChI is InChI=1S/C28H29N5O3/c1-19-7-8-22(31-26(34)20-5-4-6-21(15-20)28(2,3)18-29)16-24(19)27(35)32-23-9-10-25(30-17-23)33-11-13-36-14-12-33/h4-10,15-17H,11-14H2,1-3H3,(H,31,34)(H,32,35). The van der Waals surface area contributed by atoms with Gasteiger partial charge >= 0.3 is 0 Å². The molecule has 8 heteroatoms. The molecule has 0 unspecified atom stereocenters. The number of carbonyl (C=O) groups is 2. The maximum Gasteiger partial charge on any atom is 0.256 e. The van der Waals surface area contributed by atoms with Crippen molar-refractivity contribution in [3.8, 4) is 6.07 Å². The number of anilines is 3. The second kappa shape index (κ2) is 10.6. The predicted octanol–water partition coefficient (Wildman–Crippen LogP) is 4.53. The molecule has 1 aliphatic rings. The predicted molar refractivity (Wildman–Crippen MR) is 139 cm³/mol. The van der Waals surface area contributed by atoms with Gasteiger partial charge in [0, 0.05) is 29.9 Å². The SMILES string of the molecule is Cc1ccc(NC(=O)c2cccc(C(C)(C)C#N)c2)cc1C(=O)Nc1ccc(N2CCOCC2)nc1. The maximum absolute atomic E-state index is 13.0. The van der Waals surface area contributed by atoms with Crippen molar-refractivity contribution in [2.75, 3.05) is 41.8 Å². The number of nitrogens with zero attached hydrogens (tertiary/aromatic N) is 3. The Balaban J connectivity index is 1.45. The fourth-order valence-corrected chi connectivity index (χ4v) is 3.90. The largest absolute Gasteiger partial charge is 0.378 e. The van der Waals surface area contributed by atoms with Crippen molar-refractivity contribution in [2.45, 2.75) is 26.2 Å². The summed E-state index contributed by atoms with van der Waals surface area (Å²) in [6, 6.07) is 18.2. The second-order valence-corrected chi connectivity index (χ2v) is 9.26. The summed E-state index contributed by atoms with van der Waals surface area (Å²) in [5, 5.41) is 15.1. The zero-order chi connectivity index (χ0) is 25.7. The average molecular weight is 484 g/mol. The summed E-state index contributed by atoms with van der Waals surface area (Å²) in [7, 11) is 0. The maximum atomic E-state index is 13.0. The van der Waals surface area contributed by atoms with Gasteiger partial charge in [0.25, 0.3) is 11.8 Å². The molecule has 0 aliphatic carbocycles. The highest BCUT2D eigenvalue weighted by Gasteiger charge is 2.21. The molecule has 1 aliphatic heterocycles. The molecule has 1 fully saturated rings. The zero-order valence-corrected chi connectivity index (χ0v) is 20.7. The Labute approximate surface area is 210 Å². The van der Waals surface area contributed by atoms with Gasteiger partial charge in [-0.3, -0.25) is 9.59 Å². The lowest BCUT2D eigenvalue weighted by Crippen LogP contribution is -2.36. The Bertz CT molecular complexity index is 1310. The smallest absolute Gasteiger partial charge is 0.256 e. The minimum atomic E-state index is -0.708. The minimum absolute atomic E-state index is 0.290. The van der Waals surface area contributed by atoms with Crippen LogP contribution >= 0.6 is 0 Å². The molecule has 0 saturated carbocycles. The normalized spacial score (nSPS) is 13.6. The molecule has 1 aromatic heterocycles. The number of hydrogen-bond donors (Lipinski definition) is 2. The first kappa shape index (κ1) is 24.9. The third kappa shape index (κ3) is 5.70. The molecule has 4 rings (SSSR count). The molecule has 0 atom stereocenters. The summed E-state index contributed by atoms with van der Waals surface area (Å²) in [5.74, 6) is 0.241. The van der Waals surface area contributed by atoms with Crippen LogP contribution in [0, 0.1) is 18.3 Å². The van der Waals surface area contributed by atoms with E-state index in [2.05, 4.69) is 26.6 Å². The van der Waals surface area contributed by atoms with Gasteiger partial charge in [-0.25, -0.2) is 4.98 Å². The van der Waals surface area contributed by atoms with Crippen molar-refractivity contribution in [3.63, 3.8) is 0 Å². The summed E-state index contributed by atoms with van der Waals surface area (Å²) in [5.41, 5.74) is 2.80. The van der Waals surface area contributed by atoms with Gasteiger partial charge < -0.3 is 20.3 Å². The van der Waals surface area contributed by atoms with Crippen LogP contribution in [0.3, 0.4) is 0 Å². The molecule has 2 heterocycles. The Morgan fingerprint density at radius 1 is 1.00 bits per heavy atom. The topological polar surface area (TPSA) is 107 Å². The van der Waals surface area contributed by atoms with Gasteiger partial charge in [0.15, 0.2) is 0 Å². The Morgan fingerprint density at radius 2 is 1.72 bits per heavy atom. The molecular formula is C28H29N5O3. The fourth-order valence-electron chi connectivity index (χ4n) is 3.90. The van der Waals surface area contributed by atoms with Gasteiger partial charge in [0.05, 0.1) is 36.6 Å². The number of ether oxygens (including phenoxy) is 1. The lowest BCUT2D eigenvalue weighted by atomic mass is 9.85. The highest BCUT2D eigenvalue weighted by atomic mass is 16.5. The van der Waals surface area contributed by atoms with Crippen molar-refractivity contribution in [2.24, 2.45) is 0 Å². The van der Waals surface area contributed by atoms with Gasteiger partial charge in [0.1, 0.15) is 5.82 Å². The molecule has 184 valence electrons. The zero-order valence-electron chi connectivity index (χ0n) is 20.7. The van der Waals surface area contributed by atoms with Crippen LogP contribution in [0.5, 0.6) is 0 Å². The van der Waals surface area contributed by atoms with E-state index in [9.17, 15) is 14.9 Å². The summed E-state index contributed by atoms with van der Waals surface area (Å²) in [4.78, 5) is 32.5. The van der Waals surface area contributed by atoms with Crippen LogP contribution in [0.1, 0.15) is 45.7 Å². The van der Waals surface area contributed by atoms with E-state index < -0.39 is 5.41 Å². The summed E-state index contributed by atoms with van der Waals surface area (Å²) in [6.07, 6.45) is 1.64. The molecule has 0 spiro atoms. The lowest BCUT2D eigenvalue weighted by Gasteiger charge is -2.27. The van der Waals surface area contributed by atoms with Crippen molar-refractivity contribution < 1.29 is 14.3 Å². The molecule has 8 nitrogen and oxygen atoms in total. The molecule has 0 bridgehead atoms. The number of nitriles is 1. The Hall–Kier alpha value is -4.22. The van der Waals surface area contributed by atoms with E-state index in [1.54, 1.807) is 56.4 Å². The molecule has 0 radical (unpaired) electrons. The van der Waals surface area contributed by atoms with Crippen molar-refractivity contribution in [1.82, 2.24) is 4.98 Å². The van der Waals surface area contributed by atoms with Gasteiger partial charge in [-0.1, -0.05) is 18.2 Å². The third-order valence-corrected chi connectivity index (χ3v) is 6.21. The summed E-state index contributed by atoms with van der Waals surface area (Å²) < 4.78 is 5.38. The second-order valence-electron chi connectivity index (χ2n) is 9.26. The molecule has 1 saturated heterocycles. The number of hydrogen-bond acceptors (Lipinski definition) is 6. The van der Waals surface area contributed by atoms with Crippen LogP contribution in [-0.4, -0.2) is 43.1 Å². The number of aromatic nitrogens is 1. The van der Waals surface area contributed by atoms with Gasteiger partial charge in [-0.15, -0.1) is 0 Å². The molecular weight excluding hydrogens is 454 g/mol. The number of amides is 2. The quantitative estimate of drug-likeness (QED) is 0.533. The fraction of sp³-hybridized carbons (Fsp3) is 0.286. The number of benzene rings is 2. The van der Waals surface area contributed by atoms with E-state index in [4.69, 9.17) is 4.74 Å². The van der Waals surface area contributed by atoms with Gasteiger partial charge in [-0.2, -0.15) is 5.26 Å². The number of carbonyl (C=O) groups excluding carboxylic acids is 2. The number of nitrogens with one attached hydrogen (secondary N) is 2. The van der Waals surface area contributed by atoms with E-state index in [1.807, 2.05) is 25.1 Å². The highest BCUT2D eigenvalue weighted by molar-refractivity contribution is 6.08. The average Bonchev–Trinajstić information content (AvgIpc) is 2.90. The van der Waals surface area contributed by atoms with Crippen LogP contribution in [0.4, 0.5) is 17.2 Å². The molecule has 3 aromatic rings. The third-order valence-electron chi connectivity index (χ3n) is 6.21. The monoisotopic (exact) mass is 483 g/mol. The van der Waals surface area contributed by atoms with Crippen LogP contribution in [0.25, 0.3) is 0 Å². The van der Waals surface area contributed by atoms with Crippen LogP contribution in [0.2, 0.25) is 0 Å². The number of rotatable bonds is 6. The first-order chi connectivity index (χ1) is 17.3. The minimum Gasteiger partial charge on any atom is -0.378 e. The van der Waals surface area contributed by atoms with Crippen molar-refractivity contribution in [3.05, 3.63) is 83.0 Å². The first-order valence-electron chi connectivity index (χ1n) is 11.8. The first-order valence-corrected chi connectivity index (χ1v) is 11.8. The summed E-state index contributed by atoms with van der Waals surface area (Å²) >= 11 is 0. The van der Waals surface area contributed by atoms with Gasteiger partial charge in [-0.05, 0) is 68.3 Å². The van der Waals surface area contributed by atoms with Crippen LogP contribution in [0.15, 0.2) is 60.8 Å². The molecule has 2 aromatic carbocycles. The Morgan fingerprint density at radius 3 is 2.42 bits per heavy atom. The van der Waals surface area contributed by atoms with Crippen LogP contribution < -0.4 is 15.5 Å². The van der Waals surface area contributed by atoms with Crippen LogP contribution in [-0.2, 0) is 10.2 Å². The molecule has 2 N–H and O–H groups in total. The highest BCUT2D eigenvalue weighted by Crippen LogP contribution is 2.24. The number of aryl methyl sites for hydroxylation is 1. The van der Waals surface area contributed by atoms with E-state index in [0.29, 0.717) is 35.7 Å². The van der Waals surface area contributed by atoms with Gasteiger partial charge in [0.2, 0.25) is 0 Å². The number of morpholine rings is 1. The lowest BCUT2D eigenvalue weighted by molar-refractivity contribution is 0.101. The summed E-state index contributed by atoms with van der Waals surface area (Å²) in [6.45, 7) is 8.38. The van der Waals surface area contributed by atoms with Crippen molar-refractivity contribution >= 4 is 29.0 Å². The van der Waals surface area contributed by atoms with E-state index >= 15 is 0 Å². The van der Waals surface area contributed by atoms with E-state index in [0.717, 1.165) is 30.0 Å². The number of pyridine rings is 1. The van der Waals surface area contributed by atoms with E-state index in [-0.39, 0.29) is 11.8 Å². The van der Waals surface area contributed by atoms with E-state index in [1.165, 1.54) is 0 Å². The Kier molecular flexibility index (Phi) is 7.32. The molecule has 2 amide bonds. The van der Waals surface area contributed by atoms with Crippen molar-refractivity contribution in [1.29, 1.82) is 5.26 Å².